The molecule has 0 fully saturated rings. The van der Waals surface area contributed by atoms with Crippen LogP contribution < -0.4 is 4.74 Å². The molecule has 118 valence electrons. The Morgan fingerprint density at radius 3 is 2.23 bits per heavy atom. The molecule has 2 rings (SSSR count). The number of hydrogen-bond acceptors (Lipinski definition) is 3. The molecule has 1 aliphatic carbocycles. The standard InChI is InChI=1S/C15H13F3O4/c16-15(17,18)22-12-8-4-3-7-11(12)13(19)9-5-1-2-6-10(9)14(20)21/h3-4,7-8H,1-2,5-6H2,(H,20,21). The Morgan fingerprint density at radius 1 is 1.05 bits per heavy atom. The van der Waals surface area contributed by atoms with Gasteiger partial charge in [-0.25, -0.2) is 4.79 Å². The number of benzene rings is 1. The molecule has 4 nitrogen and oxygen atoms in total. The van der Waals surface area contributed by atoms with Crippen molar-refractivity contribution in [2.24, 2.45) is 0 Å². The smallest absolute Gasteiger partial charge is 0.478 e. The number of para-hydroxylation sites is 1. The zero-order valence-electron chi connectivity index (χ0n) is 11.4. The second-order valence-electron chi connectivity index (χ2n) is 4.84. The van der Waals surface area contributed by atoms with E-state index in [1.54, 1.807) is 0 Å². The van der Waals surface area contributed by atoms with Crippen molar-refractivity contribution < 1.29 is 32.6 Å². The minimum absolute atomic E-state index is 0.0296. The van der Waals surface area contributed by atoms with Gasteiger partial charge in [-0.1, -0.05) is 12.1 Å². The highest BCUT2D eigenvalue weighted by Gasteiger charge is 2.34. The largest absolute Gasteiger partial charge is 0.573 e. The van der Waals surface area contributed by atoms with E-state index in [0.717, 1.165) is 6.07 Å². The van der Waals surface area contributed by atoms with E-state index in [0.29, 0.717) is 12.8 Å². The zero-order chi connectivity index (χ0) is 16.3. The number of carbonyl (C=O) groups is 2. The number of alkyl halides is 3. The van der Waals surface area contributed by atoms with Crippen molar-refractivity contribution in [3.63, 3.8) is 0 Å². The quantitative estimate of drug-likeness (QED) is 0.860. The molecule has 0 amide bonds. The number of ether oxygens (including phenoxy) is 1. The molecule has 1 aromatic rings. The summed E-state index contributed by atoms with van der Waals surface area (Å²) in [6.45, 7) is 0. The third-order valence-electron chi connectivity index (χ3n) is 3.36. The highest BCUT2D eigenvalue weighted by atomic mass is 19.4. The van der Waals surface area contributed by atoms with Gasteiger partial charge in [-0.05, 0) is 37.8 Å². The third-order valence-corrected chi connectivity index (χ3v) is 3.36. The monoisotopic (exact) mass is 314 g/mol. The number of rotatable bonds is 4. The van der Waals surface area contributed by atoms with Crippen LogP contribution in [0.3, 0.4) is 0 Å². The number of allylic oxidation sites excluding steroid dienone is 1. The van der Waals surface area contributed by atoms with Crippen LogP contribution in [-0.2, 0) is 4.79 Å². The molecule has 0 aromatic heterocycles. The lowest BCUT2D eigenvalue weighted by Gasteiger charge is -2.18. The topological polar surface area (TPSA) is 63.6 Å². The molecule has 22 heavy (non-hydrogen) atoms. The van der Waals surface area contributed by atoms with Gasteiger partial charge in [0, 0.05) is 11.1 Å². The molecule has 7 heteroatoms. The first kappa shape index (κ1) is 16.1. The van der Waals surface area contributed by atoms with Crippen LogP contribution in [0.25, 0.3) is 0 Å². The van der Waals surface area contributed by atoms with Crippen molar-refractivity contribution in [3.8, 4) is 5.75 Å². The van der Waals surface area contributed by atoms with Gasteiger partial charge >= 0.3 is 12.3 Å². The summed E-state index contributed by atoms with van der Waals surface area (Å²) in [5, 5.41) is 9.14. The lowest BCUT2D eigenvalue weighted by molar-refractivity contribution is -0.274. The second-order valence-corrected chi connectivity index (χ2v) is 4.84. The minimum Gasteiger partial charge on any atom is -0.478 e. The van der Waals surface area contributed by atoms with E-state index in [2.05, 4.69) is 4.74 Å². The van der Waals surface area contributed by atoms with Crippen molar-refractivity contribution in [1.82, 2.24) is 0 Å². The summed E-state index contributed by atoms with van der Waals surface area (Å²) in [6.07, 6.45) is -3.19. The van der Waals surface area contributed by atoms with Gasteiger partial charge in [0.15, 0.2) is 5.78 Å². The Morgan fingerprint density at radius 2 is 1.64 bits per heavy atom. The molecule has 0 unspecified atom stereocenters. The summed E-state index contributed by atoms with van der Waals surface area (Å²) in [5.41, 5.74) is -0.259. The molecule has 0 spiro atoms. The Hall–Kier alpha value is -2.31. The average molecular weight is 314 g/mol. The van der Waals surface area contributed by atoms with Crippen molar-refractivity contribution in [2.75, 3.05) is 0 Å². The zero-order valence-corrected chi connectivity index (χ0v) is 11.4. The van der Waals surface area contributed by atoms with Crippen molar-refractivity contribution in [2.45, 2.75) is 32.0 Å². The predicted molar refractivity (Wildman–Crippen MR) is 70.6 cm³/mol. The summed E-state index contributed by atoms with van der Waals surface area (Å²) in [4.78, 5) is 23.6. The highest BCUT2D eigenvalue weighted by molar-refractivity contribution is 6.14. The number of Topliss-reactive ketones (excluding diaryl/α,β-unsaturated/α-hetero) is 1. The van der Waals surface area contributed by atoms with Crippen LogP contribution in [0.2, 0.25) is 0 Å². The number of hydrogen-bond donors (Lipinski definition) is 1. The Bertz CT molecular complexity index is 632. The molecule has 0 saturated carbocycles. The molecule has 0 aliphatic heterocycles. The van der Waals surface area contributed by atoms with Crippen LogP contribution >= 0.6 is 0 Å². The van der Waals surface area contributed by atoms with Crippen LogP contribution in [0, 0.1) is 0 Å². The van der Waals surface area contributed by atoms with Crippen LogP contribution in [0.1, 0.15) is 36.0 Å². The van der Waals surface area contributed by atoms with E-state index in [1.807, 2.05) is 0 Å². The maximum Gasteiger partial charge on any atom is 0.573 e. The summed E-state index contributed by atoms with van der Waals surface area (Å²) in [7, 11) is 0. The molecule has 0 bridgehead atoms. The average Bonchev–Trinajstić information content (AvgIpc) is 2.45. The summed E-state index contributed by atoms with van der Waals surface area (Å²) in [6, 6.07) is 4.94. The summed E-state index contributed by atoms with van der Waals surface area (Å²) < 4.78 is 41.0. The molecule has 1 aliphatic rings. The van der Waals surface area contributed by atoms with Gasteiger partial charge in [0.1, 0.15) is 5.75 Å². The summed E-state index contributed by atoms with van der Waals surface area (Å²) >= 11 is 0. The number of ketones is 1. The van der Waals surface area contributed by atoms with Gasteiger partial charge in [0.05, 0.1) is 5.56 Å². The first-order chi connectivity index (χ1) is 10.3. The van der Waals surface area contributed by atoms with Gasteiger partial charge in [-0.15, -0.1) is 13.2 Å². The number of carboxylic acids is 1. The van der Waals surface area contributed by atoms with Gasteiger partial charge < -0.3 is 9.84 Å². The van der Waals surface area contributed by atoms with Gasteiger partial charge in [-0.2, -0.15) is 0 Å². The summed E-state index contributed by atoms with van der Waals surface area (Å²) in [5.74, 6) is -2.56. The van der Waals surface area contributed by atoms with E-state index in [1.165, 1.54) is 18.2 Å². The van der Waals surface area contributed by atoms with Gasteiger partial charge in [0.25, 0.3) is 0 Å². The first-order valence-electron chi connectivity index (χ1n) is 6.64. The lowest BCUT2D eigenvalue weighted by Crippen LogP contribution is -2.20. The predicted octanol–water partition coefficient (Wildman–Crippen LogP) is 3.72. The third kappa shape index (κ3) is 3.66. The molecular weight excluding hydrogens is 301 g/mol. The molecule has 0 radical (unpaired) electrons. The van der Waals surface area contributed by atoms with Gasteiger partial charge in [0.2, 0.25) is 0 Å². The number of carboxylic acid groups (broad SMARTS) is 1. The fraction of sp³-hybridized carbons (Fsp3) is 0.333. The van der Waals surface area contributed by atoms with Gasteiger partial charge in [-0.3, -0.25) is 4.79 Å². The van der Waals surface area contributed by atoms with Crippen molar-refractivity contribution >= 4 is 11.8 Å². The van der Waals surface area contributed by atoms with Crippen LogP contribution in [0.4, 0.5) is 13.2 Å². The Labute approximate surface area is 124 Å². The number of halogens is 3. The number of carbonyl (C=O) groups excluding carboxylic acids is 1. The molecule has 1 N–H and O–H groups in total. The minimum atomic E-state index is -4.92. The molecule has 0 heterocycles. The fourth-order valence-corrected chi connectivity index (χ4v) is 2.42. The molecule has 1 aromatic carbocycles. The lowest BCUT2D eigenvalue weighted by atomic mass is 9.87. The van der Waals surface area contributed by atoms with Crippen LogP contribution in [0.15, 0.2) is 35.4 Å². The molecule has 0 saturated heterocycles. The van der Waals surface area contributed by atoms with E-state index < -0.39 is 23.9 Å². The van der Waals surface area contributed by atoms with Crippen molar-refractivity contribution in [1.29, 1.82) is 0 Å². The SMILES string of the molecule is O=C(O)C1=C(C(=O)c2ccccc2OC(F)(F)F)CCCC1. The Balaban J connectivity index is 2.43. The van der Waals surface area contributed by atoms with Crippen LogP contribution in [-0.4, -0.2) is 23.2 Å². The molecule has 0 atom stereocenters. The maximum absolute atomic E-state index is 12.5. The highest BCUT2D eigenvalue weighted by Crippen LogP contribution is 2.32. The number of aliphatic carboxylic acids is 1. The van der Waals surface area contributed by atoms with Crippen LogP contribution in [0.5, 0.6) is 5.75 Å². The van der Waals surface area contributed by atoms with E-state index >= 15 is 0 Å². The normalized spacial score (nSPS) is 15.6. The van der Waals surface area contributed by atoms with E-state index in [4.69, 9.17) is 5.11 Å². The van der Waals surface area contributed by atoms with E-state index in [9.17, 15) is 22.8 Å². The first-order valence-corrected chi connectivity index (χ1v) is 6.64. The Kier molecular flexibility index (Phi) is 4.54. The molecular formula is C15H13F3O4. The second kappa shape index (κ2) is 6.21. The van der Waals surface area contributed by atoms with E-state index in [-0.39, 0.29) is 29.6 Å². The fourth-order valence-electron chi connectivity index (χ4n) is 2.42. The maximum atomic E-state index is 12.5. The van der Waals surface area contributed by atoms with Crippen molar-refractivity contribution in [3.05, 3.63) is 41.0 Å².